The molecule has 1 atom stereocenters. The van der Waals surface area contributed by atoms with Gasteiger partial charge in [-0.05, 0) is 31.2 Å². The molecule has 1 unspecified atom stereocenters. The molecule has 10 heteroatoms. The average Bonchev–Trinajstić information content (AvgIpc) is 2.47. The number of sulfonamides is 1. The molecule has 1 aromatic carbocycles. The summed E-state index contributed by atoms with van der Waals surface area (Å²) in [6.07, 6.45) is 0. The van der Waals surface area contributed by atoms with Crippen molar-refractivity contribution in [1.82, 2.24) is 4.72 Å². The van der Waals surface area contributed by atoms with E-state index in [1.54, 1.807) is 6.92 Å². The van der Waals surface area contributed by atoms with Crippen molar-refractivity contribution in [1.29, 1.82) is 0 Å². The molecule has 0 saturated carbocycles. The van der Waals surface area contributed by atoms with Crippen LogP contribution in [0.25, 0.3) is 0 Å². The van der Waals surface area contributed by atoms with E-state index in [1.807, 2.05) is 4.72 Å². The molecule has 0 spiro atoms. The second-order valence-electron chi connectivity index (χ2n) is 4.74. The van der Waals surface area contributed by atoms with Crippen molar-refractivity contribution < 1.29 is 31.5 Å². The number of rotatable bonds is 9. The molecule has 1 aromatic rings. The maximum Gasteiger partial charge on any atom is 0.321 e. The van der Waals surface area contributed by atoms with Gasteiger partial charge in [-0.15, -0.1) is 0 Å². The van der Waals surface area contributed by atoms with Crippen LogP contribution in [0.5, 0.6) is 5.75 Å². The van der Waals surface area contributed by atoms with Crippen LogP contribution in [0.1, 0.15) is 13.8 Å². The van der Waals surface area contributed by atoms with Crippen molar-refractivity contribution in [3.05, 3.63) is 24.3 Å². The highest BCUT2D eigenvalue weighted by atomic mass is 32.2. The lowest BCUT2D eigenvalue weighted by Gasteiger charge is -2.11. The van der Waals surface area contributed by atoms with Gasteiger partial charge < -0.3 is 9.84 Å². The highest BCUT2D eigenvalue weighted by molar-refractivity contribution is 7.91. The van der Waals surface area contributed by atoms with Crippen LogP contribution in [-0.4, -0.2) is 52.1 Å². The van der Waals surface area contributed by atoms with Gasteiger partial charge in [-0.1, -0.05) is 6.92 Å². The Hall–Kier alpha value is -1.65. The second kappa shape index (κ2) is 7.75. The summed E-state index contributed by atoms with van der Waals surface area (Å²) in [4.78, 5) is 10.6. The molecule has 130 valence electrons. The first-order valence-electron chi connectivity index (χ1n) is 6.76. The van der Waals surface area contributed by atoms with Crippen molar-refractivity contribution in [2.75, 3.05) is 18.1 Å². The van der Waals surface area contributed by atoms with Crippen LogP contribution in [0, 0.1) is 0 Å². The number of benzene rings is 1. The Kier molecular flexibility index (Phi) is 6.54. The van der Waals surface area contributed by atoms with Gasteiger partial charge in [0.1, 0.15) is 18.4 Å². The van der Waals surface area contributed by atoms with Gasteiger partial charge in [-0.25, -0.2) is 16.8 Å². The summed E-state index contributed by atoms with van der Waals surface area (Å²) in [5.74, 6) is -1.06. The molecule has 0 aliphatic heterocycles. The molecular weight excluding hydrogens is 346 g/mol. The number of hydrogen-bond donors (Lipinski definition) is 2. The Balaban J connectivity index is 2.71. The van der Waals surface area contributed by atoms with E-state index in [0.717, 1.165) is 0 Å². The SMILES string of the molecule is CCS(=O)(=O)CCOc1ccc(S(=O)(=O)NC(C)C(=O)O)cc1. The minimum atomic E-state index is -3.95. The van der Waals surface area contributed by atoms with Gasteiger partial charge in [-0.3, -0.25) is 4.79 Å². The molecule has 0 radical (unpaired) electrons. The van der Waals surface area contributed by atoms with E-state index < -0.39 is 31.9 Å². The molecule has 1 rings (SSSR count). The fourth-order valence-electron chi connectivity index (χ4n) is 1.50. The third kappa shape index (κ3) is 6.16. The predicted molar refractivity (Wildman–Crippen MR) is 83.7 cm³/mol. The van der Waals surface area contributed by atoms with Crippen molar-refractivity contribution in [3.63, 3.8) is 0 Å². The largest absolute Gasteiger partial charge is 0.493 e. The average molecular weight is 365 g/mol. The van der Waals surface area contributed by atoms with Gasteiger partial charge in [0.2, 0.25) is 10.0 Å². The van der Waals surface area contributed by atoms with Crippen LogP contribution in [0.15, 0.2) is 29.2 Å². The number of aliphatic carboxylic acids is 1. The first kappa shape index (κ1) is 19.4. The number of ether oxygens (including phenoxy) is 1. The van der Waals surface area contributed by atoms with Crippen LogP contribution in [0.2, 0.25) is 0 Å². The Labute approximate surface area is 135 Å². The molecule has 0 saturated heterocycles. The van der Waals surface area contributed by atoms with Gasteiger partial charge in [0, 0.05) is 5.75 Å². The molecule has 2 N–H and O–H groups in total. The monoisotopic (exact) mass is 365 g/mol. The van der Waals surface area contributed by atoms with Gasteiger partial charge in [0.05, 0.1) is 10.6 Å². The lowest BCUT2D eigenvalue weighted by atomic mass is 10.3. The number of hydrogen-bond acceptors (Lipinski definition) is 6. The van der Waals surface area contributed by atoms with Crippen LogP contribution >= 0.6 is 0 Å². The normalized spacial score (nSPS) is 13.5. The van der Waals surface area contributed by atoms with E-state index in [1.165, 1.54) is 31.2 Å². The standard InChI is InChI=1S/C13H19NO7S2/c1-3-22(17,18)9-8-21-11-4-6-12(7-5-11)23(19,20)14-10(2)13(15)16/h4-7,10,14H,3,8-9H2,1-2H3,(H,15,16). The first-order valence-corrected chi connectivity index (χ1v) is 10.1. The Morgan fingerprint density at radius 1 is 1.22 bits per heavy atom. The fourth-order valence-corrected chi connectivity index (χ4v) is 3.32. The maximum absolute atomic E-state index is 11.9. The van der Waals surface area contributed by atoms with E-state index in [4.69, 9.17) is 9.84 Å². The third-order valence-electron chi connectivity index (χ3n) is 2.94. The molecule has 8 nitrogen and oxygen atoms in total. The zero-order chi connectivity index (χ0) is 17.7. The molecular formula is C13H19NO7S2. The van der Waals surface area contributed by atoms with Gasteiger partial charge >= 0.3 is 5.97 Å². The summed E-state index contributed by atoms with van der Waals surface area (Å²) >= 11 is 0. The van der Waals surface area contributed by atoms with Gasteiger partial charge in [-0.2, -0.15) is 4.72 Å². The third-order valence-corrected chi connectivity index (χ3v) is 6.16. The van der Waals surface area contributed by atoms with E-state index in [0.29, 0.717) is 5.75 Å². The Morgan fingerprint density at radius 2 is 1.78 bits per heavy atom. The number of nitrogens with one attached hydrogen (secondary N) is 1. The summed E-state index contributed by atoms with van der Waals surface area (Å²) in [5, 5.41) is 8.72. The quantitative estimate of drug-likeness (QED) is 0.642. The maximum atomic E-state index is 11.9. The summed E-state index contributed by atoms with van der Waals surface area (Å²) < 4.78 is 53.8. The van der Waals surface area contributed by atoms with E-state index >= 15 is 0 Å². The Bertz CT molecular complexity index is 739. The molecule has 0 fully saturated rings. The van der Waals surface area contributed by atoms with Crippen LogP contribution in [0.4, 0.5) is 0 Å². The number of carboxylic acids is 1. The number of sulfone groups is 1. The van der Waals surface area contributed by atoms with Crippen LogP contribution in [-0.2, 0) is 24.7 Å². The zero-order valence-electron chi connectivity index (χ0n) is 12.7. The minimum absolute atomic E-state index is 0.0287. The molecule has 0 amide bonds. The molecule has 0 aromatic heterocycles. The first-order chi connectivity index (χ1) is 10.6. The summed E-state index contributed by atoms with van der Waals surface area (Å²) in [6, 6.07) is 3.99. The lowest BCUT2D eigenvalue weighted by molar-refractivity contribution is -0.138. The summed E-state index contributed by atoms with van der Waals surface area (Å²) in [6.45, 7) is 2.72. The Morgan fingerprint density at radius 3 is 2.26 bits per heavy atom. The molecule has 0 heterocycles. The number of carbonyl (C=O) groups is 1. The highest BCUT2D eigenvalue weighted by Gasteiger charge is 2.21. The minimum Gasteiger partial charge on any atom is -0.493 e. The topological polar surface area (TPSA) is 127 Å². The smallest absolute Gasteiger partial charge is 0.321 e. The van der Waals surface area contributed by atoms with Gasteiger partial charge in [0.25, 0.3) is 0 Å². The van der Waals surface area contributed by atoms with Crippen molar-refractivity contribution in [3.8, 4) is 5.75 Å². The highest BCUT2D eigenvalue weighted by Crippen LogP contribution is 2.16. The van der Waals surface area contributed by atoms with Crippen LogP contribution < -0.4 is 9.46 Å². The summed E-state index contributed by atoms with van der Waals surface area (Å²) in [7, 11) is -7.08. The molecule has 0 aliphatic rings. The van der Waals surface area contributed by atoms with E-state index in [-0.39, 0.29) is 23.0 Å². The molecule has 23 heavy (non-hydrogen) atoms. The zero-order valence-corrected chi connectivity index (χ0v) is 14.4. The van der Waals surface area contributed by atoms with Crippen molar-refractivity contribution >= 4 is 25.8 Å². The van der Waals surface area contributed by atoms with E-state index in [9.17, 15) is 21.6 Å². The fraction of sp³-hybridized carbons (Fsp3) is 0.462. The predicted octanol–water partition coefficient (Wildman–Crippen LogP) is 0.252. The molecule has 0 aliphatic carbocycles. The van der Waals surface area contributed by atoms with Crippen molar-refractivity contribution in [2.45, 2.75) is 24.8 Å². The number of carboxylic acid groups (broad SMARTS) is 1. The van der Waals surface area contributed by atoms with Gasteiger partial charge in [0.15, 0.2) is 9.84 Å². The second-order valence-corrected chi connectivity index (χ2v) is 8.92. The lowest BCUT2D eigenvalue weighted by Crippen LogP contribution is -2.38. The molecule has 0 bridgehead atoms. The summed E-state index contributed by atoms with van der Waals surface area (Å²) in [5.41, 5.74) is 0. The van der Waals surface area contributed by atoms with E-state index in [2.05, 4.69) is 0 Å². The van der Waals surface area contributed by atoms with Crippen LogP contribution in [0.3, 0.4) is 0 Å². The van der Waals surface area contributed by atoms with Crippen molar-refractivity contribution in [2.24, 2.45) is 0 Å².